The van der Waals surface area contributed by atoms with Crippen molar-refractivity contribution in [1.29, 1.82) is 0 Å². The van der Waals surface area contributed by atoms with Gasteiger partial charge in [-0.25, -0.2) is 0 Å². The summed E-state index contributed by atoms with van der Waals surface area (Å²) in [6.45, 7) is 1.44. The van der Waals surface area contributed by atoms with Gasteiger partial charge in [-0.05, 0) is 12.1 Å². The van der Waals surface area contributed by atoms with Crippen molar-refractivity contribution in [2.24, 2.45) is 0 Å². The highest BCUT2D eigenvalue weighted by atomic mass is 16.3. The van der Waals surface area contributed by atoms with Gasteiger partial charge in [-0.3, -0.25) is 4.79 Å². The number of rotatable bonds is 1. The minimum atomic E-state index is -0.135. The average molecular weight is 175 g/mol. The van der Waals surface area contributed by atoms with Gasteiger partial charge in [-0.1, -0.05) is 6.07 Å². The molecule has 0 saturated carbocycles. The van der Waals surface area contributed by atoms with E-state index in [9.17, 15) is 9.90 Å². The van der Waals surface area contributed by atoms with Crippen molar-refractivity contribution in [3.8, 4) is 5.75 Å². The van der Waals surface area contributed by atoms with Gasteiger partial charge in [0.15, 0.2) is 5.78 Å². The summed E-state index contributed by atoms with van der Waals surface area (Å²) in [5.41, 5.74) is 1.17. The molecule has 3 heteroatoms. The Morgan fingerprint density at radius 2 is 2.23 bits per heavy atom. The van der Waals surface area contributed by atoms with Crippen molar-refractivity contribution >= 4 is 11.3 Å². The number of aromatic nitrogens is 1. The molecule has 0 bridgehead atoms. The fourth-order valence-electron chi connectivity index (χ4n) is 1.46. The first-order valence-corrected chi connectivity index (χ1v) is 4.00. The lowest BCUT2D eigenvalue weighted by Crippen LogP contribution is -1.97. The minimum absolute atomic E-state index is 0.0405. The summed E-state index contributed by atoms with van der Waals surface area (Å²) < 4.78 is 1.68. The maximum atomic E-state index is 11.2. The molecule has 0 saturated heterocycles. The number of hydrogen-bond donors (Lipinski definition) is 1. The number of hydrogen-bond acceptors (Lipinski definition) is 2. The number of fused-ring (bicyclic) bond motifs is 1. The Morgan fingerprint density at radius 3 is 2.92 bits per heavy atom. The first-order chi connectivity index (χ1) is 6.20. The van der Waals surface area contributed by atoms with Gasteiger partial charge < -0.3 is 9.51 Å². The first kappa shape index (κ1) is 7.86. The van der Waals surface area contributed by atoms with Gasteiger partial charge in [0.25, 0.3) is 0 Å². The Morgan fingerprint density at radius 1 is 1.46 bits per heavy atom. The van der Waals surface area contributed by atoms with E-state index >= 15 is 0 Å². The molecule has 2 rings (SSSR count). The van der Waals surface area contributed by atoms with E-state index in [1.165, 1.54) is 6.92 Å². The van der Waals surface area contributed by atoms with Crippen molar-refractivity contribution in [2.45, 2.75) is 6.92 Å². The fraction of sp³-hybridized carbons (Fsp3) is 0.100. The van der Waals surface area contributed by atoms with E-state index < -0.39 is 0 Å². The fourth-order valence-corrected chi connectivity index (χ4v) is 1.46. The van der Waals surface area contributed by atoms with Crippen molar-refractivity contribution in [3.05, 3.63) is 36.2 Å². The lowest BCUT2D eigenvalue weighted by atomic mass is 10.3. The van der Waals surface area contributed by atoms with E-state index in [1.54, 1.807) is 16.7 Å². The second-order valence-corrected chi connectivity index (χ2v) is 2.93. The summed E-state index contributed by atoms with van der Waals surface area (Å²) in [4.78, 5) is 11.2. The summed E-state index contributed by atoms with van der Waals surface area (Å²) in [5, 5.41) is 9.46. The zero-order valence-corrected chi connectivity index (χ0v) is 7.19. The molecule has 0 radical (unpaired) electrons. The van der Waals surface area contributed by atoms with Gasteiger partial charge in [0.1, 0.15) is 11.4 Å². The Hall–Kier alpha value is -1.77. The molecule has 0 unspecified atom stereocenters. The Labute approximate surface area is 75.2 Å². The van der Waals surface area contributed by atoms with E-state index in [4.69, 9.17) is 0 Å². The van der Waals surface area contributed by atoms with Crippen LogP contribution in [0.4, 0.5) is 0 Å². The molecule has 0 amide bonds. The number of pyridine rings is 1. The van der Waals surface area contributed by atoms with E-state index in [2.05, 4.69) is 0 Å². The van der Waals surface area contributed by atoms with Crippen LogP contribution in [0.3, 0.4) is 0 Å². The predicted molar refractivity (Wildman–Crippen MR) is 49.1 cm³/mol. The van der Waals surface area contributed by atoms with Crippen LogP contribution in [0.1, 0.15) is 17.4 Å². The molecule has 3 nitrogen and oxygen atoms in total. The molecule has 2 aromatic rings. The predicted octanol–water partition coefficient (Wildman–Crippen LogP) is 1.85. The molecule has 2 heterocycles. The molecule has 0 aliphatic rings. The van der Waals surface area contributed by atoms with Crippen LogP contribution in [0, 0.1) is 0 Å². The van der Waals surface area contributed by atoms with Gasteiger partial charge >= 0.3 is 0 Å². The number of aromatic hydroxyl groups is 1. The van der Waals surface area contributed by atoms with E-state index in [0.29, 0.717) is 5.69 Å². The molecule has 0 atom stereocenters. The Bertz CT molecular complexity index is 471. The minimum Gasteiger partial charge on any atom is -0.506 e. The zero-order chi connectivity index (χ0) is 9.42. The maximum Gasteiger partial charge on any atom is 0.180 e. The molecule has 66 valence electrons. The van der Waals surface area contributed by atoms with Crippen LogP contribution in [0.2, 0.25) is 0 Å². The molecule has 0 aromatic carbocycles. The average Bonchev–Trinajstić information content (AvgIpc) is 2.39. The van der Waals surface area contributed by atoms with Crippen LogP contribution >= 0.6 is 0 Å². The quantitative estimate of drug-likeness (QED) is 0.672. The maximum absolute atomic E-state index is 11.2. The van der Waals surface area contributed by atoms with Crippen molar-refractivity contribution in [1.82, 2.24) is 4.40 Å². The topological polar surface area (TPSA) is 41.7 Å². The van der Waals surface area contributed by atoms with Crippen molar-refractivity contribution in [3.63, 3.8) is 0 Å². The Balaban J connectivity index is 2.86. The van der Waals surface area contributed by atoms with E-state index in [0.717, 1.165) is 5.52 Å². The first-order valence-electron chi connectivity index (χ1n) is 4.00. The molecule has 2 aromatic heterocycles. The van der Waals surface area contributed by atoms with Crippen molar-refractivity contribution < 1.29 is 9.90 Å². The molecule has 0 fully saturated rings. The summed E-state index contributed by atoms with van der Waals surface area (Å²) >= 11 is 0. The lowest BCUT2D eigenvalue weighted by Gasteiger charge is -1.97. The standard InChI is InChI=1S/C10H9NO2/c1-7(12)10-9(13)6-8-4-2-3-5-11(8)10/h2-6,13H,1H3. The largest absolute Gasteiger partial charge is 0.506 e. The summed E-state index contributed by atoms with van der Waals surface area (Å²) in [5.74, 6) is -0.0950. The van der Waals surface area contributed by atoms with Crippen LogP contribution in [0.5, 0.6) is 5.75 Å². The molecule has 13 heavy (non-hydrogen) atoms. The van der Waals surface area contributed by atoms with Crippen LogP contribution < -0.4 is 0 Å². The molecular weight excluding hydrogens is 166 g/mol. The van der Waals surface area contributed by atoms with Gasteiger partial charge in [0.2, 0.25) is 0 Å². The third-order valence-electron chi connectivity index (χ3n) is 1.99. The number of carbonyl (C=O) groups is 1. The van der Waals surface area contributed by atoms with Gasteiger partial charge in [0, 0.05) is 24.7 Å². The Kier molecular flexibility index (Phi) is 1.59. The molecule has 0 aliphatic carbocycles. The molecule has 0 aliphatic heterocycles. The highest BCUT2D eigenvalue weighted by molar-refractivity contribution is 5.96. The molecule has 1 N–H and O–H groups in total. The highest BCUT2D eigenvalue weighted by Crippen LogP contribution is 2.22. The third-order valence-corrected chi connectivity index (χ3v) is 1.99. The monoisotopic (exact) mass is 175 g/mol. The van der Waals surface area contributed by atoms with Gasteiger partial charge in [-0.2, -0.15) is 0 Å². The zero-order valence-electron chi connectivity index (χ0n) is 7.19. The van der Waals surface area contributed by atoms with E-state index in [-0.39, 0.29) is 11.5 Å². The summed E-state index contributed by atoms with van der Waals surface area (Å²) in [7, 11) is 0. The van der Waals surface area contributed by atoms with Gasteiger partial charge in [0.05, 0.1) is 0 Å². The second-order valence-electron chi connectivity index (χ2n) is 2.93. The second kappa shape index (κ2) is 2.62. The number of carbonyl (C=O) groups excluding carboxylic acids is 1. The third kappa shape index (κ3) is 1.09. The number of Topliss-reactive ketones (excluding diaryl/α,β-unsaturated/α-hetero) is 1. The van der Waals surface area contributed by atoms with Crippen LogP contribution in [-0.4, -0.2) is 15.3 Å². The normalized spacial score (nSPS) is 10.5. The van der Waals surface area contributed by atoms with Gasteiger partial charge in [-0.15, -0.1) is 0 Å². The molecular formula is C10H9NO2. The lowest BCUT2D eigenvalue weighted by molar-refractivity contribution is 0.101. The SMILES string of the molecule is CC(=O)c1c(O)cc2ccccn12. The van der Waals surface area contributed by atoms with Crippen LogP contribution in [0.25, 0.3) is 5.52 Å². The highest BCUT2D eigenvalue weighted by Gasteiger charge is 2.11. The van der Waals surface area contributed by atoms with Crippen LogP contribution in [0.15, 0.2) is 30.5 Å². The van der Waals surface area contributed by atoms with E-state index in [1.807, 2.05) is 18.2 Å². The molecule has 0 spiro atoms. The summed E-state index contributed by atoms with van der Waals surface area (Å²) in [6.07, 6.45) is 1.76. The number of ketones is 1. The number of nitrogens with zero attached hydrogens (tertiary/aromatic N) is 1. The van der Waals surface area contributed by atoms with Crippen molar-refractivity contribution in [2.75, 3.05) is 0 Å². The smallest absolute Gasteiger partial charge is 0.180 e. The summed E-state index contributed by atoms with van der Waals surface area (Å²) in [6, 6.07) is 7.10. The van der Waals surface area contributed by atoms with Crippen LogP contribution in [-0.2, 0) is 0 Å².